The molecule has 3 rings (SSSR count). The maximum absolute atomic E-state index is 10.6. The molecule has 1 N–H and O–H groups in total. The Hall–Kier alpha value is -2.10. The van der Waals surface area contributed by atoms with Crippen molar-refractivity contribution in [2.24, 2.45) is 5.92 Å². The van der Waals surface area contributed by atoms with E-state index in [2.05, 4.69) is 22.0 Å². The van der Waals surface area contributed by atoms with E-state index in [-0.39, 0.29) is 12.3 Å². The third-order valence-corrected chi connectivity index (χ3v) is 3.37. The molecular weight excluding hydrogens is 228 g/mol. The normalized spacial score (nSPS) is 15.7. The highest BCUT2D eigenvalue weighted by Gasteiger charge is 2.30. The molecule has 1 fully saturated rings. The maximum Gasteiger partial charge on any atom is 0.303 e. The Morgan fingerprint density at radius 1 is 1.33 bits per heavy atom. The number of anilines is 1. The van der Waals surface area contributed by atoms with Crippen molar-refractivity contribution >= 4 is 22.6 Å². The van der Waals surface area contributed by atoms with Gasteiger partial charge in [-0.05, 0) is 11.5 Å². The molecule has 0 spiro atoms. The molecule has 0 aliphatic carbocycles. The van der Waals surface area contributed by atoms with Crippen molar-refractivity contribution in [1.29, 1.82) is 0 Å². The predicted molar refractivity (Wildman–Crippen MR) is 69.7 cm³/mol. The summed E-state index contributed by atoms with van der Waals surface area (Å²) in [6.45, 7) is 1.57. The minimum atomic E-state index is -0.717. The number of fused-ring (bicyclic) bond motifs is 1. The molecular formula is C14H14N2O2. The smallest absolute Gasteiger partial charge is 0.303 e. The first-order valence-electron chi connectivity index (χ1n) is 6.04. The number of pyridine rings is 1. The number of carboxylic acid groups (broad SMARTS) is 1. The van der Waals surface area contributed by atoms with E-state index in [1.54, 1.807) is 0 Å². The van der Waals surface area contributed by atoms with Gasteiger partial charge in [-0.1, -0.05) is 24.3 Å². The van der Waals surface area contributed by atoms with E-state index in [4.69, 9.17) is 5.11 Å². The zero-order valence-corrected chi connectivity index (χ0v) is 9.91. The molecule has 2 heterocycles. The monoisotopic (exact) mass is 242 g/mol. The number of aliphatic carboxylic acids is 1. The van der Waals surface area contributed by atoms with Crippen LogP contribution in [-0.2, 0) is 4.79 Å². The summed E-state index contributed by atoms with van der Waals surface area (Å²) in [6.07, 6.45) is 2.06. The Morgan fingerprint density at radius 2 is 2.11 bits per heavy atom. The van der Waals surface area contributed by atoms with Gasteiger partial charge in [-0.15, -0.1) is 0 Å². The van der Waals surface area contributed by atoms with E-state index >= 15 is 0 Å². The summed E-state index contributed by atoms with van der Waals surface area (Å²) in [6, 6.07) is 10.1. The molecule has 92 valence electrons. The lowest BCUT2D eigenvalue weighted by molar-refractivity contribution is -0.138. The van der Waals surface area contributed by atoms with Gasteiger partial charge in [0.1, 0.15) is 5.82 Å². The van der Waals surface area contributed by atoms with Crippen LogP contribution < -0.4 is 4.90 Å². The molecule has 1 aromatic carbocycles. The van der Waals surface area contributed by atoms with E-state index in [0.717, 1.165) is 24.3 Å². The van der Waals surface area contributed by atoms with Gasteiger partial charge in [-0.25, -0.2) is 4.98 Å². The second-order valence-electron chi connectivity index (χ2n) is 4.72. The van der Waals surface area contributed by atoms with Crippen LogP contribution >= 0.6 is 0 Å². The molecule has 2 aromatic rings. The van der Waals surface area contributed by atoms with E-state index in [1.165, 1.54) is 5.39 Å². The summed E-state index contributed by atoms with van der Waals surface area (Å²) < 4.78 is 0. The Morgan fingerprint density at radius 3 is 2.89 bits per heavy atom. The van der Waals surface area contributed by atoms with Gasteiger partial charge in [0, 0.05) is 30.6 Å². The lowest BCUT2D eigenvalue weighted by Crippen LogP contribution is -2.48. The Kier molecular flexibility index (Phi) is 2.63. The highest BCUT2D eigenvalue weighted by atomic mass is 16.4. The molecule has 0 atom stereocenters. The fraction of sp³-hybridized carbons (Fsp3) is 0.286. The van der Waals surface area contributed by atoms with E-state index < -0.39 is 5.97 Å². The first kappa shape index (κ1) is 11.0. The topological polar surface area (TPSA) is 53.4 Å². The molecule has 1 aliphatic heterocycles. The number of carbonyl (C=O) groups is 1. The summed E-state index contributed by atoms with van der Waals surface area (Å²) in [4.78, 5) is 17.2. The summed E-state index contributed by atoms with van der Waals surface area (Å²) in [5, 5.41) is 11.0. The summed E-state index contributed by atoms with van der Waals surface area (Å²) in [7, 11) is 0. The van der Waals surface area contributed by atoms with Gasteiger partial charge in [-0.2, -0.15) is 0 Å². The fourth-order valence-corrected chi connectivity index (χ4v) is 2.47. The largest absolute Gasteiger partial charge is 0.481 e. The lowest BCUT2D eigenvalue weighted by atomic mass is 9.96. The van der Waals surface area contributed by atoms with Crippen LogP contribution in [0, 0.1) is 5.92 Å². The van der Waals surface area contributed by atoms with Crippen molar-refractivity contribution in [3.8, 4) is 0 Å². The van der Waals surface area contributed by atoms with Crippen LogP contribution in [0.15, 0.2) is 36.5 Å². The minimum absolute atomic E-state index is 0.251. The molecule has 0 amide bonds. The van der Waals surface area contributed by atoms with Gasteiger partial charge < -0.3 is 10.0 Å². The van der Waals surface area contributed by atoms with Crippen LogP contribution in [0.3, 0.4) is 0 Å². The predicted octanol–water partition coefficient (Wildman–Crippen LogP) is 2.15. The molecule has 1 aliphatic rings. The van der Waals surface area contributed by atoms with Crippen LogP contribution in [-0.4, -0.2) is 29.1 Å². The zero-order valence-electron chi connectivity index (χ0n) is 9.91. The standard InChI is InChI=1S/C14H14N2O2/c17-13(18)7-10-8-16(9-10)14-12-4-2-1-3-11(12)5-6-15-14/h1-6,10H,7-9H2,(H,17,18). The van der Waals surface area contributed by atoms with Crippen molar-refractivity contribution in [1.82, 2.24) is 4.98 Å². The van der Waals surface area contributed by atoms with Crippen molar-refractivity contribution < 1.29 is 9.90 Å². The number of hydrogen-bond donors (Lipinski definition) is 1. The summed E-state index contributed by atoms with van der Waals surface area (Å²) in [5.74, 6) is 0.503. The average molecular weight is 242 g/mol. The van der Waals surface area contributed by atoms with Gasteiger partial charge in [0.15, 0.2) is 0 Å². The molecule has 4 nitrogen and oxygen atoms in total. The number of carboxylic acids is 1. The lowest BCUT2D eigenvalue weighted by Gasteiger charge is -2.40. The maximum atomic E-state index is 10.6. The Balaban J connectivity index is 1.82. The van der Waals surface area contributed by atoms with E-state index in [9.17, 15) is 4.79 Å². The van der Waals surface area contributed by atoms with Gasteiger partial charge in [0.25, 0.3) is 0 Å². The molecule has 0 bridgehead atoms. The molecule has 1 saturated heterocycles. The van der Waals surface area contributed by atoms with Gasteiger partial charge in [0.05, 0.1) is 6.42 Å². The van der Waals surface area contributed by atoms with Gasteiger partial charge in [0.2, 0.25) is 0 Å². The van der Waals surface area contributed by atoms with Crippen LogP contribution in [0.5, 0.6) is 0 Å². The highest BCUT2D eigenvalue weighted by molar-refractivity contribution is 5.92. The number of rotatable bonds is 3. The molecule has 0 saturated carbocycles. The molecule has 18 heavy (non-hydrogen) atoms. The van der Waals surface area contributed by atoms with Crippen LogP contribution in [0.1, 0.15) is 6.42 Å². The minimum Gasteiger partial charge on any atom is -0.481 e. The second-order valence-corrected chi connectivity index (χ2v) is 4.72. The first-order valence-corrected chi connectivity index (χ1v) is 6.04. The van der Waals surface area contributed by atoms with Gasteiger partial charge >= 0.3 is 5.97 Å². The third-order valence-electron chi connectivity index (χ3n) is 3.37. The van der Waals surface area contributed by atoms with E-state index in [1.807, 2.05) is 24.4 Å². The van der Waals surface area contributed by atoms with E-state index in [0.29, 0.717) is 0 Å². The molecule has 0 unspecified atom stereocenters. The average Bonchev–Trinajstić information content (AvgIpc) is 2.32. The fourth-order valence-electron chi connectivity index (χ4n) is 2.47. The van der Waals surface area contributed by atoms with Crippen molar-refractivity contribution in [2.75, 3.05) is 18.0 Å². The quantitative estimate of drug-likeness (QED) is 0.896. The van der Waals surface area contributed by atoms with Gasteiger partial charge in [-0.3, -0.25) is 4.79 Å². The first-order chi connectivity index (χ1) is 8.74. The zero-order chi connectivity index (χ0) is 12.5. The second kappa shape index (κ2) is 4.29. The molecule has 1 aromatic heterocycles. The van der Waals surface area contributed by atoms with Crippen LogP contribution in [0.25, 0.3) is 10.8 Å². The van der Waals surface area contributed by atoms with Crippen LogP contribution in [0.4, 0.5) is 5.82 Å². The number of aromatic nitrogens is 1. The molecule has 4 heteroatoms. The third kappa shape index (κ3) is 1.90. The number of hydrogen-bond acceptors (Lipinski definition) is 3. The Bertz CT molecular complexity index is 586. The highest BCUT2D eigenvalue weighted by Crippen LogP contribution is 2.30. The van der Waals surface area contributed by atoms with Crippen molar-refractivity contribution in [2.45, 2.75) is 6.42 Å². The van der Waals surface area contributed by atoms with Crippen molar-refractivity contribution in [3.63, 3.8) is 0 Å². The number of benzene rings is 1. The molecule has 0 radical (unpaired) electrons. The summed E-state index contributed by atoms with van der Waals surface area (Å²) >= 11 is 0. The van der Waals surface area contributed by atoms with Crippen molar-refractivity contribution in [3.05, 3.63) is 36.5 Å². The van der Waals surface area contributed by atoms with Crippen LogP contribution in [0.2, 0.25) is 0 Å². The summed E-state index contributed by atoms with van der Waals surface area (Å²) in [5.41, 5.74) is 0. The SMILES string of the molecule is O=C(O)CC1CN(c2nccc3ccccc23)C1. The Labute approximate surface area is 105 Å². The number of nitrogens with zero attached hydrogens (tertiary/aromatic N) is 2.